The zero-order valence-electron chi connectivity index (χ0n) is 13.1. The predicted octanol–water partition coefficient (Wildman–Crippen LogP) is 3.25. The first-order valence-corrected chi connectivity index (χ1v) is 8.02. The number of aryl methyl sites for hydroxylation is 1. The lowest BCUT2D eigenvalue weighted by molar-refractivity contribution is 0.102. The van der Waals surface area contributed by atoms with E-state index in [4.69, 9.17) is 4.74 Å². The van der Waals surface area contributed by atoms with Crippen molar-refractivity contribution >= 4 is 33.5 Å². The molecule has 0 aliphatic carbocycles. The van der Waals surface area contributed by atoms with Crippen molar-refractivity contribution in [2.24, 2.45) is 0 Å². The summed E-state index contributed by atoms with van der Waals surface area (Å²) in [5.41, 5.74) is 2.19. The average Bonchev–Trinajstić information content (AvgIpc) is 2.55. The van der Waals surface area contributed by atoms with Gasteiger partial charge in [0, 0.05) is 42.8 Å². The van der Waals surface area contributed by atoms with E-state index in [1.807, 2.05) is 25.1 Å². The Hall–Kier alpha value is -1.99. The molecule has 122 valence electrons. The molecule has 0 aliphatic rings. The van der Waals surface area contributed by atoms with Crippen molar-refractivity contribution in [3.8, 4) is 0 Å². The van der Waals surface area contributed by atoms with Crippen LogP contribution in [0.3, 0.4) is 0 Å². The molecule has 0 radical (unpaired) electrons. The van der Waals surface area contributed by atoms with Crippen LogP contribution >= 0.6 is 15.9 Å². The lowest BCUT2D eigenvalue weighted by Crippen LogP contribution is -2.14. The summed E-state index contributed by atoms with van der Waals surface area (Å²) in [5.74, 6) is 0.259. The number of hydrogen-bond donors (Lipinski definition) is 2. The van der Waals surface area contributed by atoms with Crippen LogP contribution in [-0.2, 0) is 4.74 Å². The zero-order chi connectivity index (χ0) is 16.7. The lowest BCUT2D eigenvalue weighted by Gasteiger charge is -2.08. The number of benzene rings is 1. The van der Waals surface area contributed by atoms with Gasteiger partial charge in [-0.15, -0.1) is 0 Å². The zero-order valence-corrected chi connectivity index (χ0v) is 14.7. The molecular weight excluding hydrogens is 360 g/mol. The van der Waals surface area contributed by atoms with Crippen LogP contribution in [0.15, 0.2) is 35.1 Å². The van der Waals surface area contributed by atoms with Crippen LogP contribution < -0.4 is 10.6 Å². The van der Waals surface area contributed by atoms with E-state index in [-0.39, 0.29) is 5.91 Å². The van der Waals surface area contributed by atoms with Crippen LogP contribution in [0.5, 0.6) is 0 Å². The summed E-state index contributed by atoms with van der Waals surface area (Å²) in [7, 11) is 1.66. The van der Waals surface area contributed by atoms with E-state index in [0.29, 0.717) is 18.1 Å². The Morgan fingerprint density at radius 2 is 2.04 bits per heavy atom. The van der Waals surface area contributed by atoms with Crippen LogP contribution in [0, 0.1) is 6.92 Å². The summed E-state index contributed by atoms with van der Waals surface area (Å²) in [6, 6.07) is 5.63. The van der Waals surface area contributed by atoms with E-state index in [1.54, 1.807) is 7.11 Å². The maximum absolute atomic E-state index is 12.2. The molecule has 6 nitrogen and oxygen atoms in total. The van der Waals surface area contributed by atoms with Crippen molar-refractivity contribution in [3.63, 3.8) is 0 Å². The van der Waals surface area contributed by atoms with Crippen molar-refractivity contribution < 1.29 is 9.53 Å². The molecule has 0 fully saturated rings. The molecule has 7 heteroatoms. The molecule has 0 aliphatic heterocycles. The largest absolute Gasteiger partial charge is 0.385 e. The maximum Gasteiger partial charge on any atom is 0.258 e. The monoisotopic (exact) mass is 378 g/mol. The second kappa shape index (κ2) is 8.59. The van der Waals surface area contributed by atoms with Gasteiger partial charge in [0.2, 0.25) is 5.95 Å². The minimum absolute atomic E-state index is 0.238. The minimum atomic E-state index is -0.238. The van der Waals surface area contributed by atoms with E-state index in [9.17, 15) is 4.79 Å². The Morgan fingerprint density at radius 1 is 1.30 bits per heavy atom. The number of ether oxygens (including phenoxy) is 1. The smallest absolute Gasteiger partial charge is 0.258 e. The summed E-state index contributed by atoms with van der Waals surface area (Å²) in [6.07, 6.45) is 3.88. The normalized spacial score (nSPS) is 10.4. The number of aromatic nitrogens is 2. The number of amides is 1. The first kappa shape index (κ1) is 17.4. The van der Waals surface area contributed by atoms with E-state index < -0.39 is 0 Å². The number of halogens is 1. The van der Waals surface area contributed by atoms with Gasteiger partial charge in [0.1, 0.15) is 0 Å². The SMILES string of the molecule is COCCCNc1ncc(C(=O)Nc2ccc(Br)c(C)c2)cn1. The van der Waals surface area contributed by atoms with Gasteiger partial charge in [0.25, 0.3) is 5.91 Å². The van der Waals surface area contributed by atoms with Crippen molar-refractivity contribution in [2.75, 3.05) is 30.9 Å². The van der Waals surface area contributed by atoms with Crippen molar-refractivity contribution in [1.29, 1.82) is 0 Å². The van der Waals surface area contributed by atoms with E-state index in [1.165, 1.54) is 12.4 Å². The Balaban J connectivity index is 1.93. The fraction of sp³-hybridized carbons (Fsp3) is 0.312. The summed E-state index contributed by atoms with van der Waals surface area (Å²) in [5, 5.41) is 5.90. The number of carbonyl (C=O) groups is 1. The second-order valence-electron chi connectivity index (χ2n) is 4.99. The first-order chi connectivity index (χ1) is 11.1. The third-order valence-corrected chi connectivity index (χ3v) is 4.03. The molecule has 0 bridgehead atoms. The molecule has 2 rings (SSSR count). The molecule has 2 aromatic rings. The lowest BCUT2D eigenvalue weighted by atomic mass is 10.2. The number of anilines is 2. The predicted molar refractivity (Wildman–Crippen MR) is 93.8 cm³/mol. The van der Waals surface area contributed by atoms with Gasteiger partial charge in [0.15, 0.2) is 0 Å². The van der Waals surface area contributed by atoms with Gasteiger partial charge >= 0.3 is 0 Å². The molecule has 2 N–H and O–H groups in total. The Kier molecular flexibility index (Phi) is 6.49. The Morgan fingerprint density at radius 3 is 2.70 bits per heavy atom. The van der Waals surface area contributed by atoms with E-state index in [0.717, 1.165) is 28.7 Å². The standard InChI is InChI=1S/C16H19BrN4O2/c1-11-8-13(4-5-14(11)17)21-15(22)12-9-19-16(20-10-12)18-6-3-7-23-2/h4-5,8-10H,3,6-7H2,1-2H3,(H,21,22)(H,18,19,20). The highest BCUT2D eigenvalue weighted by Crippen LogP contribution is 2.20. The number of methoxy groups -OCH3 is 1. The van der Waals surface area contributed by atoms with Gasteiger partial charge < -0.3 is 15.4 Å². The fourth-order valence-electron chi connectivity index (χ4n) is 1.88. The van der Waals surface area contributed by atoms with Gasteiger partial charge in [0.05, 0.1) is 5.56 Å². The van der Waals surface area contributed by atoms with E-state index >= 15 is 0 Å². The average molecular weight is 379 g/mol. The van der Waals surface area contributed by atoms with Crippen LogP contribution in [0.1, 0.15) is 22.3 Å². The fourth-order valence-corrected chi connectivity index (χ4v) is 2.13. The number of nitrogens with one attached hydrogen (secondary N) is 2. The molecule has 1 aromatic carbocycles. The van der Waals surface area contributed by atoms with E-state index in [2.05, 4.69) is 36.5 Å². The molecule has 0 atom stereocenters. The minimum Gasteiger partial charge on any atom is -0.385 e. The van der Waals surface area contributed by atoms with Gasteiger partial charge in [-0.25, -0.2) is 9.97 Å². The van der Waals surface area contributed by atoms with Crippen LogP contribution in [0.4, 0.5) is 11.6 Å². The molecule has 1 amide bonds. The quantitative estimate of drug-likeness (QED) is 0.723. The molecule has 0 saturated carbocycles. The Labute approximate surface area is 143 Å². The van der Waals surface area contributed by atoms with Crippen molar-refractivity contribution in [3.05, 3.63) is 46.2 Å². The number of carbonyl (C=O) groups excluding carboxylic acids is 1. The molecule has 1 aromatic heterocycles. The number of rotatable bonds is 7. The van der Waals surface area contributed by atoms with Gasteiger partial charge in [-0.3, -0.25) is 4.79 Å². The highest BCUT2D eigenvalue weighted by molar-refractivity contribution is 9.10. The van der Waals surface area contributed by atoms with Crippen molar-refractivity contribution in [2.45, 2.75) is 13.3 Å². The summed E-state index contributed by atoms with van der Waals surface area (Å²) in [6.45, 7) is 3.37. The highest BCUT2D eigenvalue weighted by atomic mass is 79.9. The summed E-state index contributed by atoms with van der Waals surface area (Å²) < 4.78 is 5.97. The van der Waals surface area contributed by atoms with Gasteiger partial charge in [-0.1, -0.05) is 15.9 Å². The molecule has 1 heterocycles. The summed E-state index contributed by atoms with van der Waals surface area (Å²) >= 11 is 3.43. The van der Waals surface area contributed by atoms with Gasteiger partial charge in [-0.05, 0) is 37.1 Å². The van der Waals surface area contributed by atoms with Crippen LogP contribution in [-0.4, -0.2) is 36.1 Å². The van der Waals surface area contributed by atoms with Crippen LogP contribution in [0.2, 0.25) is 0 Å². The number of hydrogen-bond acceptors (Lipinski definition) is 5. The third-order valence-electron chi connectivity index (χ3n) is 3.14. The first-order valence-electron chi connectivity index (χ1n) is 7.22. The van der Waals surface area contributed by atoms with Crippen LogP contribution in [0.25, 0.3) is 0 Å². The molecule has 23 heavy (non-hydrogen) atoms. The molecule has 0 saturated heterocycles. The molecule has 0 unspecified atom stereocenters. The molecule has 0 spiro atoms. The maximum atomic E-state index is 12.2. The second-order valence-corrected chi connectivity index (χ2v) is 5.84. The third kappa shape index (κ3) is 5.30. The van der Waals surface area contributed by atoms with Crippen molar-refractivity contribution in [1.82, 2.24) is 9.97 Å². The number of nitrogens with zero attached hydrogens (tertiary/aromatic N) is 2. The highest BCUT2D eigenvalue weighted by Gasteiger charge is 2.08. The Bertz CT molecular complexity index is 662. The molecular formula is C16H19BrN4O2. The topological polar surface area (TPSA) is 76.1 Å². The van der Waals surface area contributed by atoms with Gasteiger partial charge in [-0.2, -0.15) is 0 Å². The summed E-state index contributed by atoms with van der Waals surface area (Å²) in [4.78, 5) is 20.5.